The van der Waals surface area contributed by atoms with Crippen LogP contribution in [0.4, 0.5) is 0 Å². The number of aryl methyl sites for hydroxylation is 1. The van der Waals surface area contributed by atoms with Gasteiger partial charge in [0.2, 0.25) is 0 Å². The lowest BCUT2D eigenvalue weighted by atomic mass is 10.0. The van der Waals surface area contributed by atoms with Crippen LogP contribution in [0.3, 0.4) is 0 Å². The summed E-state index contributed by atoms with van der Waals surface area (Å²) in [6.45, 7) is 4.65. The summed E-state index contributed by atoms with van der Waals surface area (Å²) in [5.74, 6) is 0.782. The molecule has 0 saturated carbocycles. The maximum atomic E-state index is 10.3. The average molecular weight is 266 g/mol. The highest BCUT2D eigenvalue weighted by atomic mass is 35.5. The predicted molar refractivity (Wildman–Crippen MR) is 70.5 cm³/mol. The Morgan fingerprint density at radius 1 is 1.44 bits per heavy atom. The molecule has 0 radical (unpaired) electrons. The highest BCUT2D eigenvalue weighted by Gasteiger charge is 2.15. The smallest absolute Gasteiger partial charge is 0.138 e. The van der Waals surface area contributed by atoms with E-state index in [0.29, 0.717) is 11.4 Å². The molecule has 1 N–H and O–H groups in total. The molecule has 0 aliphatic heterocycles. The Morgan fingerprint density at radius 2 is 2.22 bits per heavy atom. The summed E-state index contributed by atoms with van der Waals surface area (Å²) in [6.07, 6.45) is 1.34. The second-order valence-electron chi connectivity index (χ2n) is 4.17. The lowest BCUT2D eigenvalue weighted by Crippen LogP contribution is -2.10. The number of aliphatic hydroxyl groups excluding tert-OH is 1. The van der Waals surface area contributed by atoms with Crippen molar-refractivity contribution < 1.29 is 5.11 Å². The van der Waals surface area contributed by atoms with E-state index in [9.17, 15) is 5.11 Å². The number of aliphatic hydroxyl groups is 1. The molecule has 0 aliphatic rings. The van der Waals surface area contributed by atoms with Gasteiger partial charge in [0.05, 0.1) is 6.10 Å². The number of hydrogen-bond donors (Lipinski definition) is 1. The van der Waals surface area contributed by atoms with E-state index in [1.165, 1.54) is 6.33 Å². The second-order valence-corrected chi connectivity index (χ2v) is 4.57. The molecule has 0 spiro atoms. The Morgan fingerprint density at radius 3 is 2.94 bits per heavy atom. The van der Waals surface area contributed by atoms with Crippen molar-refractivity contribution >= 4 is 11.6 Å². The largest absolute Gasteiger partial charge is 0.388 e. The van der Waals surface area contributed by atoms with Crippen molar-refractivity contribution in [3.63, 3.8) is 0 Å². The maximum Gasteiger partial charge on any atom is 0.138 e. The van der Waals surface area contributed by atoms with Crippen molar-refractivity contribution in [3.8, 4) is 0 Å². The zero-order valence-electron chi connectivity index (χ0n) is 10.5. The van der Waals surface area contributed by atoms with Crippen molar-refractivity contribution in [1.82, 2.24) is 14.8 Å². The molecule has 0 amide bonds. The van der Waals surface area contributed by atoms with E-state index in [2.05, 4.69) is 10.1 Å². The quantitative estimate of drug-likeness (QED) is 0.924. The molecule has 0 bridgehead atoms. The zero-order valence-corrected chi connectivity index (χ0v) is 11.2. The lowest BCUT2D eigenvalue weighted by Gasteiger charge is -2.14. The molecular weight excluding hydrogens is 250 g/mol. The Labute approximate surface area is 111 Å². The van der Waals surface area contributed by atoms with Gasteiger partial charge in [-0.1, -0.05) is 23.7 Å². The van der Waals surface area contributed by atoms with Crippen LogP contribution in [0.2, 0.25) is 5.02 Å². The first-order valence-electron chi connectivity index (χ1n) is 5.93. The fraction of sp³-hybridized carbons (Fsp3) is 0.385. The van der Waals surface area contributed by atoms with Gasteiger partial charge in [-0.05, 0) is 31.0 Å². The van der Waals surface area contributed by atoms with Crippen LogP contribution in [-0.2, 0) is 13.0 Å². The van der Waals surface area contributed by atoms with Crippen LogP contribution >= 0.6 is 11.6 Å². The van der Waals surface area contributed by atoms with Gasteiger partial charge in [0, 0.05) is 18.0 Å². The second kappa shape index (κ2) is 5.50. The number of benzene rings is 1. The van der Waals surface area contributed by atoms with Crippen molar-refractivity contribution in [1.29, 1.82) is 0 Å². The van der Waals surface area contributed by atoms with E-state index >= 15 is 0 Å². The summed E-state index contributed by atoms with van der Waals surface area (Å²) in [5, 5.41) is 15.0. The third-order valence-electron chi connectivity index (χ3n) is 3.04. The van der Waals surface area contributed by atoms with Crippen molar-refractivity contribution in [2.75, 3.05) is 0 Å². The predicted octanol–water partition coefficient (Wildman–Crippen LogP) is 2.54. The molecule has 0 fully saturated rings. The monoisotopic (exact) mass is 265 g/mol. The van der Waals surface area contributed by atoms with Crippen molar-refractivity contribution in [2.24, 2.45) is 0 Å². The van der Waals surface area contributed by atoms with Crippen LogP contribution in [0, 0.1) is 6.92 Å². The Hall–Kier alpha value is -1.39. The van der Waals surface area contributed by atoms with Crippen molar-refractivity contribution in [2.45, 2.75) is 32.9 Å². The van der Waals surface area contributed by atoms with Gasteiger partial charge in [-0.25, -0.2) is 4.98 Å². The summed E-state index contributed by atoms with van der Waals surface area (Å²) >= 11 is 6.05. The van der Waals surface area contributed by atoms with Gasteiger partial charge in [0.15, 0.2) is 0 Å². The molecule has 1 aromatic carbocycles. The van der Waals surface area contributed by atoms with Crippen LogP contribution in [0.15, 0.2) is 24.5 Å². The van der Waals surface area contributed by atoms with Gasteiger partial charge in [0.25, 0.3) is 0 Å². The molecule has 18 heavy (non-hydrogen) atoms. The topological polar surface area (TPSA) is 50.9 Å². The molecule has 1 atom stereocenters. The molecular formula is C13H16ClN3O. The van der Waals surface area contributed by atoms with Crippen LogP contribution in [0.1, 0.15) is 30.0 Å². The zero-order chi connectivity index (χ0) is 13.1. The summed E-state index contributed by atoms with van der Waals surface area (Å²) in [6, 6.07) is 5.55. The number of rotatable bonds is 4. The Balaban J connectivity index is 2.22. The molecule has 1 heterocycles. The number of aromatic nitrogens is 3. The summed E-state index contributed by atoms with van der Waals surface area (Å²) in [4.78, 5) is 4.16. The molecule has 1 aromatic heterocycles. The minimum atomic E-state index is -0.613. The third kappa shape index (κ3) is 2.54. The average Bonchev–Trinajstić information content (AvgIpc) is 2.79. The maximum absolute atomic E-state index is 10.3. The summed E-state index contributed by atoms with van der Waals surface area (Å²) < 4.78 is 1.78. The fourth-order valence-electron chi connectivity index (χ4n) is 1.98. The minimum Gasteiger partial charge on any atom is -0.388 e. The van der Waals surface area contributed by atoms with Gasteiger partial charge < -0.3 is 5.11 Å². The van der Waals surface area contributed by atoms with Crippen LogP contribution in [0.25, 0.3) is 0 Å². The number of halogens is 1. The van der Waals surface area contributed by atoms with E-state index in [1.54, 1.807) is 4.68 Å². The molecule has 2 aromatic rings. The Bertz CT molecular complexity index is 539. The SMILES string of the molecule is CCn1ncnc1CC(O)c1cccc(Cl)c1C. The lowest BCUT2D eigenvalue weighted by molar-refractivity contribution is 0.173. The molecule has 5 heteroatoms. The van der Waals surface area contributed by atoms with Crippen LogP contribution < -0.4 is 0 Å². The standard InChI is InChI=1S/C13H16ClN3O/c1-3-17-13(15-8-16-17)7-12(18)10-5-4-6-11(14)9(10)2/h4-6,8,12,18H,3,7H2,1-2H3. The summed E-state index contributed by atoms with van der Waals surface area (Å²) in [7, 11) is 0. The highest BCUT2D eigenvalue weighted by molar-refractivity contribution is 6.31. The Kier molecular flexibility index (Phi) is 3.99. The van der Waals surface area contributed by atoms with E-state index < -0.39 is 6.10 Å². The van der Waals surface area contributed by atoms with Crippen LogP contribution in [-0.4, -0.2) is 19.9 Å². The molecule has 1 unspecified atom stereocenters. The molecule has 96 valence electrons. The van der Waals surface area contributed by atoms with E-state index in [1.807, 2.05) is 32.0 Å². The van der Waals surface area contributed by atoms with Gasteiger partial charge in [-0.2, -0.15) is 5.10 Å². The van der Waals surface area contributed by atoms with Gasteiger partial charge >= 0.3 is 0 Å². The first-order valence-corrected chi connectivity index (χ1v) is 6.31. The minimum absolute atomic E-state index is 0.440. The number of nitrogens with zero attached hydrogens (tertiary/aromatic N) is 3. The van der Waals surface area contributed by atoms with E-state index in [0.717, 1.165) is 23.5 Å². The summed E-state index contributed by atoms with van der Waals surface area (Å²) in [5.41, 5.74) is 1.75. The fourth-order valence-corrected chi connectivity index (χ4v) is 2.16. The van der Waals surface area contributed by atoms with E-state index in [4.69, 9.17) is 11.6 Å². The first kappa shape index (κ1) is 13.1. The number of hydrogen-bond acceptors (Lipinski definition) is 3. The van der Waals surface area contributed by atoms with Gasteiger partial charge in [0.1, 0.15) is 12.2 Å². The van der Waals surface area contributed by atoms with Crippen LogP contribution in [0.5, 0.6) is 0 Å². The first-order chi connectivity index (χ1) is 8.63. The van der Waals surface area contributed by atoms with Gasteiger partial charge in [-0.15, -0.1) is 0 Å². The molecule has 4 nitrogen and oxygen atoms in total. The normalized spacial score (nSPS) is 12.7. The van der Waals surface area contributed by atoms with E-state index in [-0.39, 0.29) is 0 Å². The molecule has 0 aliphatic carbocycles. The van der Waals surface area contributed by atoms with Crippen molar-refractivity contribution in [3.05, 3.63) is 46.5 Å². The highest BCUT2D eigenvalue weighted by Crippen LogP contribution is 2.25. The molecule has 0 saturated heterocycles. The van der Waals surface area contributed by atoms with Gasteiger partial charge in [-0.3, -0.25) is 4.68 Å². The third-order valence-corrected chi connectivity index (χ3v) is 3.45. The molecule has 2 rings (SSSR count).